The molecule has 24 heavy (non-hydrogen) atoms. The highest BCUT2D eigenvalue weighted by Gasteiger charge is 2.31. The molecule has 1 atom stereocenters. The van der Waals surface area contributed by atoms with Crippen molar-refractivity contribution in [1.82, 2.24) is 9.27 Å². The van der Waals surface area contributed by atoms with Gasteiger partial charge in [-0.15, -0.1) is 0 Å². The smallest absolute Gasteiger partial charge is 0.342 e. The molecule has 1 N–H and O–H groups in total. The number of esters is 1. The highest BCUT2D eigenvalue weighted by atomic mass is 32.1. The van der Waals surface area contributed by atoms with E-state index in [0.29, 0.717) is 22.8 Å². The van der Waals surface area contributed by atoms with Gasteiger partial charge in [0.25, 0.3) is 0 Å². The summed E-state index contributed by atoms with van der Waals surface area (Å²) < 4.78 is 8.93. The summed E-state index contributed by atoms with van der Waals surface area (Å²) in [7, 11) is 1.32. The van der Waals surface area contributed by atoms with Gasteiger partial charge in [0.1, 0.15) is 10.6 Å². The Balaban J connectivity index is 1.79. The van der Waals surface area contributed by atoms with Crippen molar-refractivity contribution in [2.45, 2.75) is 25.8 Å². The van der Waals surface area contributed by atoms with Crippen LogP contribution in [0.25, 0.3) is 0 Å². The molecule has 6 nitrogen and oxygen atoms in total. The summed E-state index contributed by atoms with van der Waals surface area (Å²) in [5, 5.41) is 3.26. The number of hydrogen-bond acceptors (Lipinski definition) is 5. The zero-order chi connectivity index (χ0) is 17.1. The van der Waals surface area contributed by atoms with Crippen LogP contribution in [-0.4, -0.2) is 34.9 Å². The first-order valence-corrected chi connectivity index (χ1v) is 8.56. The number of methoxy groups -OCH3 is 1. The summed E-state index contributed by atoms with van der Waals surface area (Å²) in [5.41, 5.74) is 2.01. The fourth-order valence-corrected chi connectivity index (χ4v) is 3.77. The van der Waals surface area contributed by atoms with Gasteiger partial charge in [-0.1, -0.05) is 30.3 Å². The molecule has 7 heteroatoms. The SMILES string of the molecule is COC(=O)c1c(C)nsc1NC(=O)N1CCC[C@@H]1c1ccccc1. The average molecular weight is 345 g/mol. The van der Waals surface area contributed by atoms with E-state index in [1.54, 1.807) is 6.92 Å². The Morgan fingerprint density at radius 3 is 2.79 bits per heavy atom. The quantitative estimate of drug-likeness (QED) is 0.863. The topological polar surface area (TPSA) is 71.5 Å². The lowest BCUT2D eigenvalue weighted by atomic mass is 10.1. The number of nitrogens with one attached hydrogen (secondary N) is 1. The van der Waals surface area contributed by atoms with Gasteiger partial charge in [0, 0.05) is 6.54 Å². The third-order valence-electron chi connectivity index (χ3n) is 4.17. The van der Waals surface area contributed by atoms with Gasteiger partial charge in [-0.3, -0.25) is 5.32 Å². The first kappa shape index (κ1) is 16.4. The van der Waals surface area contributed by atoms with Gasteiger partial charge >= 0.3 is 12.0 Å². The molecule has 1 aliphatic heterocycles. The largest absolute Gasteiger partial charge is 0.465 e. The molecule has 0 bridgehead atoms. The summed E-state index contributed by atoms with van der Waals surface area (Å²) in [4.78, 5) is 26.4. The van der Waals surface area contributed by atoms with Gasteiger partial charge in [0.05, 0.1) is 18.8 Å². The van der Waals surface area contributed by atoms with Crippen LogP contribution >= 0.6 is 11.5 Å². The van der Waals surface area contributed by atoms with Crippen molar-refractivity contribution >= 4 is 28.5 Å². The van der Waals surface area contributed by atoms with Crippen LogP contribution in [0.4, 0.5) is 9.80 Å². The summed E-state index contributed by atoms with van der Waals surface area (Å²) in [5.74, 6) is -0.488. The highest BCUT2D eigenvalue weighted by Crippen LogP contribution is 2.33. The third kappa shape index (κ3) is 3.12. The molecule has 3 rings (SSSR count). The van der Waals surface area contributed by atoms with Crippen LogP contribution < -0.4 is 5.32 Å². The molecule has 1 aromatic carbocycles. The predicted molar refractivity (Wildman–Crippen MR) is 92.3 cm³/mol. The Morgan fingerprint density at radius 1 is 1.33 bits per heavy atom. The van der Waals surface area contributed by atoms with Crippen molar-refractivity contribution in [2.75, 3.05) is 19.0 Å². The summed E-state index contributed by atoms with van der Waals surface area (Å²) in [6.07, 6.45) is 1.89. The maximum absolute atomic E-state index is 12.7. The van der Waals surface area contributed by atoms with Gasteiger partial charge in [-0.2, -0.15) is 4.37 Å². The molecule has 1 aliphatic rings. The molecule has 2 amide bonds. The average Bonchev–Trinajstić information content (AvgIpc) is 3.22. The first-order chi connectivity index (χ1) is 11.6. The fourth-order valence-electron chi connectivity index (χ4n) is 3.00. The molecule has 2 heterocycles. The van der Waals surface area contributed by atoms with E-state index in [1.165, 1.54) is 7.11 Å². The second kappa shape index (κ2) is 7.00. The molecule has 0 radical (unpaired) electrons. The van der Waals surface area contributed by atoms with Crippen molar-refractivity contribution in [3.8, 4) is 0 Å². The summed E-state index contributed by atoms with van der Waals surface area (Å²) in [6, 6.07) is 9.83. The van der Waals surface area contributed by atoms with Gasteiger partial charge < -0.3 is 9.64 Å². The van der Waals surface area contributed by atoms with Crippen LogP contribution in [0.15, 0.2) is 30.3 Å². The number of hydrogen-bond donors (Lipinski definition) is 1. The lowest BCUT2D eigenvalue weighted by molar-refractivity contribution is 0.0601. The Morgan fingerprint density at radius 2 is 2.08 bits per heavy atom. The van der Waals surface area contributed by atoms with Gasteiger partial charge in [-0.05, 0) is 36.9 Å². The van der Waals surface area contributed by atoms with E-state index in [1.807, 2.05) is 35.2 Å². The van der Waals surface area contributed by atoms with Crippen LogP contribution in [0.5, 0.6) is 0 Å². The van der Waals surface area contributed by atoms with Crippen LogP contribution in [0.2, 0.25) is 0 Å². The second-order valence-corrected chi connectivity index (χ2v) is 6.43. The first-order valence-electron chi connectivity index (χ1n) is 7.79. The van der Waals surface area contributed by atoms with Crippen LogP contribution in [0.1, 0.15) is 40.5 Å². The zero-order valence-corrected chi connectivity index (χ0v) is 14.4. The standard InChI is InChI=1S/C17H19N3O3S/c1-11-14(16(21)23-2)15(24-19-11)18-17(22)20-10-6-9-13(20)12-7-4-3-5-8-12/h3-5,7-8,13H,6,9-10H2,1-2H3,(H,18,22)/t13-/m1/s1. The van der Waals surface area contributed by atoms with Crippen molar-refractivity contribution in [1.29, 1.82) is 0 Å². The maximum Gasteiger partial charge on any atom is 0.342 e. The van der Waals surface area contributed by atoms with Crippen LogP contribution in [0, 0.1) is 6.92 Å². The molecule has 0 aliphatic carbocycles. The monoisotopic (exact) mass is 345 g/mol. The lowest BCUT2D eigenvalue weighted by Crippen LogP contribution is -2.34. The van der Waals surface area contributed by atoms with E-state index in [9.17, 15) is 9.59 Å². The minimum absolute atomic E-state index is 0.0572. The van der Waals surface area contributed by atoms with E-state index < -0.39 is 5.97 Å². The maximum atomic E-state index is 12.7. The molecular weight excluding hydrogens is 326 g/mol. The van der Waals surface area contributed by atoms with E-state index >= 15 is 0 Å². The number of urea groups is 1. The molecule has 1 fully saturated rings. The number of ether oxygens (including phenoxy) is 1. The van der Waals surface area contributed by atoms with E-state index in [2.05, 4.69) is 9.69 Å². The van der Waals surface area contributed by atoms with Crippen molar-refractivity contribution in [3.63, 3.8) is 0 Å². The van der Waals surface area contributed by atoms with Crippen LogP contribution in [0.3, 0.4) is 0 Å². The molecule has 1 saturated heterocycles. The lowest BCUT2D eigenvalue weighted by Gasteiger charge is -2.25. The van der Waals surface area contributed by atoms with E-state index in [-0.39, 0.29) is 12.1 Å². The summed E-state index contributed by atoms with van der Waals surface area (Å²) >= 11 is 1.09. The number of aromatic nitrogens is 1. The van der Waals surface area contributed by atoms with Gasteiger partial charge in [0.15, 0.2) is 0 Å². The molecule has 126 valence electrons. The minimum atomic E-state index is -0.488. The molecule has 0 spiro atoms. The number of anilines is 1. The fraction of sp³-hybridized carbons (Fsp3) is 0.353. The van der Waals surface area contributed by atoms with Crippen molar-refractivity contribution in [2.24, 2.45) is 0 Å². The molecular formula is C17H19N3O3S. The molecule has 0 unspecified atom stereocenters. The van der Waals surface area contributed by atoms with E-state index in [4.69, 9.17) is 4.74 Å². The number of carbonyl (C=O) groups excluding carboxylic acids is 2. The number of rotatable bonds is 3. The van der Waals surface area contributed by atoms with Crippen LogP contribution in [-0.2, 0) is 4.74 Å². The van der Waals surface area contributed by atoms with Gasteiger partial charge in [0.2, 0.25) is 0 Å². The number of amides is 2. The van der Waals surface area contributed by atoms with Gasteiger partial charge in [-0.25, -0.2) is 9.59 Å². The molecule has 1 aromatic heterocycles. The minimum Gasteiger partial charge on any atom is -0.465 e. The van der Waals surface area contributed by atoms with E-state index in [0.717, 1.165) is 29.9 Å². The Kier molecular flexibility index (Phi) is 4.80. The molecule has 2 aromatic rings. The Labute approximate surface area is 144 Å². The highest BCUT2D eigenvalue weighted by molar-refractivity contribution is 7.11. The number of aryl methyl sites for hydroxylation is 1. The third-order valence-corrected chi connectivity index (χ3v) is 5.02. The van der Waals surface area contributed by atoms with Crippen molar-refractivity contribution in [3.05, 3.63) is 47.2 Å². The second-order valence-electron chi connectivity index (χ2n) is 5.66. The number of likely N-dealkylation sites (tertiary alicyclic amines) is 1. The number of carbonyl (C=O) groups is 2. The predicted octanol–water partition coefficient (Wildman–Crippen LogP) is 3.61. The van der Waals surface area contributed by atoms with Crippen molar-refractivity contribution < 1.29 is 14.3 Å². The normalized spacial score (nSPS) is 16.9. The number of benzene rings is 1. The molecule has 0 saturated carbocycles. The zero-order valence-electron chi connectivity index (χ0n) is 13.6. The summed E-state index contributed by atoms with van der Waals surface area (Å²) in [6.45, 7) is 2.41. The Bertz CT molecular complexity index is 745. The number of nitrogens with zero attached hydrogens (tertiary/aromatic N) is 2. The Hall–Kier alpha value is -2.41.